The maximum absolute atomic E-state index is 12.2. The lowest BCUT2D eigenvalue weighted by Crippen LogP contribution is -2.32. The first kappa shape index (κ1) is 16.5. The molecule has 0 saturated carbocycles. The average molecular weight is 282 g/mol. The molecule has 0 spiro atoms. The highest BCUT2D eigenvalue weighted by molar-refractivity contribution is 5.92. The molecule has 0 radical (unpaired) electrons. The van der Waals surface area contributed by atoms with E-state index in [-0.39, 0.29) is 5.75 Å². The van der Waals surface area contributed by atoms with Crippen LogP contribution in [0, 0.1) is 13.8 Å². The summed E-state index contributed by atoms with van der Waals surface area (Å²) in [7, 11) is 0. The molecule has 5 nitrogen and oxygen atoms in total. The summed E-state index contributed by atoms with van der Waals surface area (Å²) in [6.45, 7) is 8.57. The Morgan fingerprint density at radius 3 is 2.45 bits per heavy atom. The summed E-state index contributed by atoms with van der Waals surface area (Å²) in [5.41, 5.74) is 0.802. The minimum absolute atomic E-state index is 0.257. The zero-order valence-corrected chi connectivity index (χ0v) is 12.6. The van der Waals surface area contributed by atoms with Gasteiger partial charge in [-0.2, -0.15) is 0 Å². The molecule has 0 aliphatic rings. The topological polar surface area (TPSA) is 76.0 Å². The minimum Gasteiger partial charge on any atom is -0.456 e. The number of aliphatic hydroxyl groups is 1. The highest BCUT2D eigenvalue weighted by Crippen LogP contribution is 2.28. The lowest BCUT2D eigenvalue weighted by molar-refractivity contribution is -0.138. The molecule has 1 rings (SSSR count). The zero-order chi connectivity index (χ0) is 15.5. The van der Waals surface area contributed by atoms with Gasteiger partial charge >= 0.3 is 5.97 Å². The van der Waals surface area contributed by atoms with E-state index in [9.17, 15) is 9.90 Å². The summed E-state index contributed by atoms with van der Waals surface area (Å²) in [5.74, 6) is -0.251. The maximum atomic E-state index is 12.2. The van der Waals surface area contributed by atoms with Crippen LogP contribution < -0.4 is 4.89 Å². The van der Waals surface area contributed by atoms with Gasteiger partial charge in [0.1, 0.15) is 5.60 Å². The molecule has 1 unspecified atom stereocenters. The smallest absolute Gasteiger partial charge is 0.339 e. The third-order valence-corrected chi connectivity index (χ3v) is 3.07. The number of hydrogen-bond acceptors (Lipinski definition) is 5. The molecule has 1 atom stereocenters. The van der Waals surface area contributed by atoms with E-state index in [1.165, 1.54) is 0 Å². The predicted molar refractivity (Wildman–Crippen MR) is 75.0 cm³/mol. The Morgan fingerprint density at radius 2 is 1.95 bits per heavy atom. The summed E-state index contributed by atoms with van der Waals surface area (Å²) < 4.78 is 5.42. The van der Waals surface area contributed by atoms with Crippen molar-refractivity contribution in [3.05, 3.63) is 28.8 Å². The number of carbonyl (C=O) groups excluding carboxylic acids is 1. The van der Waals surface area contributed by atoms with E-state index in [0.29, 0.717) is 17.5 Å². The van der Waals surface area contributed by atoms with Crippen LogP contribution in [0.25, 0.3) is 0 Å². The van der Waals surface area contributed by atoms with E-state index >= 15 is 0 Å². The van der Waals surface area contributed by atoms with Crippen LogP contribution in [-0.2, 0) is 4.74 Å². The third kappa shape index (κ3) is 3.95. The largest absolute Gasteiger partial charge is 0.456 e. The zero-order valence-electron chi connectivity index (χ0n) is 12.6. The Labute approximate surface area is 119 Å². The van der Waals surface area contributed by atoms with Crippen LogP contribution in [-0.4, -0.2) is 28.0 Å². The fourth-order valence-electron chi connectivity index (χ4n) is 2.25. The monoisotopic (exact) mass is 282 g/mol. The third-order valence-electron chi connectivity index (χ3n) is 3.07. The van der Waals surface area contributed by atoms with Crippen molar-refractivity contribution in [2.24, 2.45) is 0 Å². The molecular weight excluding hydrogens is 260 g/mol. The molecule has 0 aliphatic carbocycles. The second-order valence-electron chi connectivity index (χ2n) is 5.68. The quantitative estimate of drug-likeness (QED) is 0.493. The van der Waals surface area contributed by atoms with Crippen molar-refractivity contribution in [1.29, 1.82) is 0 Å². The molecule has 1 aromatic carbocycles. The second kappa shape index (κ2) is 6.24. The van der Waals surface area contributed by atoms with E-state index in [2.05, 4.69) is 4.89 Å². The Kier molecular flexibility index (Phi) is 5.14. The lowest BCUT2D eigenvalue weighted by atomic mass is 10.0. The van der Waals surface area contributed by atoms with Gasteiger partial charge in [0.25, 0.3) is 0 Å². The number of rotatable bonds is 5. The normalized spacial score (nSPS) is 12.9. The molecule has 0 fully saturated rings. The van der Waals surface area contributed by atoms with Crippen molar-refractivity contribution in [1.82, 2.24) is 0 Å². The van der Waals surface area contributed by atoms with Gasteiger partial charge in [-0.05, 0) is 46.2 Å². The summed E-state index contributed by atoms with van der Waals surface area (Å²) in [4.78, 5) is 16.5. The standard InChI is InChI=1S/C15H22O5/c1-9-6-7-12(11(3)13(9)20-18)14(17)19-15(4,5)8-10(2)16/h6-7,10,16,18H,8H2,1-5H3. The summed E-state index contributed by atoms with van der Waals surface area (Å²) >= 11 is 0. The van der Waals surface area contributed by atoms with E-state index in [1.807, 2.05) is 0 Å². The molecule has 112 valence electrons. The van der Waals surface area contributed by atoms with Gasteiger partial charge in [-0.25, -0.2) is 10.1 Å². The number of carbonyl (C=O) groups is 1. The number of ether oxygens (including phenoxy) is 1. The van der Waals surface area contributed by atoms with E-state index in [1.54, 1.807) is 46.8 Å². The van der Waals surface area contributed by atoms with Crippen LogP contribution in [0.1, 0.15) is 48.7 Å². The minimum atomic E-state index is -0.775. The number of aryl methyl sites for hydroxylation is 1. The van der Waals surface area contributed by atoms with Gasteiger partial charge in [-0.15, -0.1) is 0 Å². The van der Waals surface area contributed by atoms with Crippen LogP contribution >= 0.6 is 0 Å². The van der Waals surface area contributed by atoms with E-state index < -0.39 is 17.7 Å². The number of aliphatic hydroxyl groups excluding tert-OH is 1. The average Bonchev–Trinajstić information content (AvgIpc) is 2.26. The van der Waals surface area contributed by atoms with Crippen LogP contribution in [0.15, 0.2) is 12.1 Å². The fraction of sp³-hybridized carbons (Fsp3) is 0.533. The van der Waals surface area contributed by atoms with Gasteiger partial charge in [0.15, 0.2) is 5.75 Å². The molecule has 0 saturated heterocycles. The summed E-state index contributed by atoms with van der Waals surface area (Å²) in [5, 5.41) is 18.3. The molecule has 5 heteroatoms. The van der Waals surface area contributed by atoms with Crippen LogP contribution in [0.5, 0.6) is 5.75 Å². The van der Waals surface area contributed by atoms with Gasteiger partial charge in [0, 0.05) is 12.0 Å². The predicted octanol–water partition coefficient (Wildman–Crippen LogP) is 2.86. The first-order chi connectivity index (χ1) is 9.18. The van der Waals surface area contributed by atoms with Gasteiger partial charge in [0.05, 0.1) is 11.7 Å². The van der Waals surface area contributed by atoms with Crippen LogP contribution in [0.4, 0.5) is 0 Å². The van der Waals surface area contributed by atoms with Crippen LogP contribution in [0.2, 0.25) is 0 Å². The number of hydrogen-bond donors (Lipinski definition) is 2. The van der Waals surface area contributed by atoms with Crippen molar-refractivity contribution in [3.8, 4) is 5.75 Å². The van der Waals surface area contributed by atoms with Crippen molar-refractivity contribution < 1.29 is 24.8 Å². The van der Waals surface area contributed by atoms with Crippen molar-refractivity contribution in [3.63, 3.8) is 0 Å². The van der Waals surface area contributed by atoms with Crippen LogP contribution in [0.3, 0.4) is 0 Å². The second-order valence-corrected chi connectivity index (χ2v) is 5.68. The Morgan fingerprint density at radius 1 is 1.35 bits per heavy atom. The van der Waals surface area contributed by atoms with Crippen molar-refractivity contribution in [2.75, 3.05) is 0 Å². The molecule has 2 N–H and O–H groups in total. The van der Waals surface area contributed by atoms with Gasteiger partial charge in [-0.3, -0.25) is 0 Å². The fourth-order valence-corrected chi connectivity index (χ4v) is 2.25. The highest BCUT2D eigenvalue weighted by atomic mass is 17.1. The molecule has 20 heavy (non-hydrogen) atoms. The SMILES string of the molecule is Cc1ccc(C(=O)OC(C)(C)CC(C)O)c(C)c1OO. The molecule has 0 amide bonds. The maximum Gasteiger partial charge on any atom is 0.339 e. The van der Waals surface area contributed by atoms with Gasteiger partial charge in [0.2, 0.25) is 0 Å². The van der Waals surface area contributed by atoms with E-state index in [4.69, 9.17) is 9.99 Å². The number of benzene rings is 1. The molecule has 1 aromatic rings. The summed E-state index contributed by atoms with van der Waals surface area (Å²) in [6.07, 6.45) is -0.222. The highest BCUT2D eigenvalue weighted by Gasteiger charge is 2.27. The Balaban J connectivity index is 2.99. The molecular formula is C15H22O5. The summed E-state index contributed by atoms with van der Waals surface area (Å²) in [6, 6.07) is 3.31. The molecule has 0 heterocycles. The first-order valence-electron chi connectivity index (χ1n) is 6.51. The van der Waals surface area contributed by atoms with Crippen molar-refractivity contribution in [2.45, 2.75) is 52.7 Å². The van der Waals surface area contributed by atoms with Gasteiger partial charge in [-0.1, -0.05) is 6.07 Å². The van der Waals surface area contributed by atoms with E-state index in [0.717, 1.165) is 5.56 Å². The Bertz CT molecular complexity index is 491. The lowest BCUT2D eigenvalue weighted by Gasteiger charge is -2.26. The first-order valence-corrected chi connectivity index (χ1v) is 6.51. The molecule has 0 bridgehead atoms. The Hall–Kier alpha value is -1.59. The van der Waals surface area contributed by atoms with Crippen molar-refractivity contribution >= 4 is 5.97 Å². The molecule has 0 aliphatic heterocycles. The molecule has 0 aromatic heterocycles. The number of esters is 1. The van der Waals surface area contributed by atoms with Gasteiger partial charge < -0.3 is 14.7 Å².